The molecule has 0 aliphatic carbocycles. The predicted octanol–water partition coefficient (Wildman–Crippen LogP) is 2.61. The highest BCUT2D eigenvalue weighted by molar-refractivity contribution is 7.91. The van der Waals surface area contributed by atoms with E-state index in [1.165, 1.54) is 47.4 Å². The lowest BCUT2D eigenvalue weighted by atomic mass is 10.1. The second-order valence-electron chi connectivity index (χ2n) is 6.27. The summed E-state index contributed by atoms with van der Waals surface area (Å²) in [5.41, 5.74) is 0.596. The molecule has 0 saturated carbocycles. The molecule has 1 saturated heterocycles. The Morgan fingerprint density at radius 1 is 1.19 bits per heavy atom. The van der Waals surface area contributed by atoms with Crippen LogP contribution in [0.1, 0.15) is 13.3 Å². The standard InChI is InChI=1S/C19H19FN2O4S/c1-2-27(25,26)15-9-7-14(8-10-15)21-19(24)13-11-18(23)22(12-13)17-6-4-3-5-16(17)20/h3-10,13H,2,11-12H2,1H3,(H,21,24). The average molecular weight is 390 g/mol. The van der Waals surface area contributed by atoms with Gasteiger partial charge in [-0.2, -0.15) is 0 Å². The van der Waals surface area contributed by atoms with Crippen molar-refractivity contribution < 1.29 is 22.4 Å². The number of sulfone groups is 1. The van der Waals surface area contributed by atoms with Gasteiger partial charge in [-0.25, -0.2) is 12.8 Å². The van der Waals surface area contributed by atoms with E-state index in [-0.39, 0.29) is 41.1 Å². The number of para-hydroxylation sites is 1. The summed E-state index contributed by atoms with van der Waals surface area (Å²) in [6.45, 7) is 1.65. The predicted molar refractivity (Wildman–Crippen MR) is 99.7 cm³/mol. The van der Waals surface area contributed by atoms with E-state index in [0.717, 1.165) is 0 Å². The lowest BCUT2D eigenvalue weighted by molar-refractivity contribution is -0.122. The number of amides is 2. The van der Waals surface area contributed by atoms with Gasteiger partial charge in [0.05, 0.1) is 22.3 Å². The van der Waals surface area contributed by atoms with Crippen molar-refractivity contribution in [1.82, 2.24) is 0 Å². The molecule has 1 heterocycles. The SMILES string of the molecule is CCS(=O)(=O)c1ccc(NC(=O)C2CC(=O)N(c3ccccc3F)C2)cc1. The number of nitrogens with one attached hydrogen (secondary N) is 1. The van der Waals surface area contributed by atoms with E-state index in [1.807, 2.05) is 0 Å². The maximum atomic E-state index is 13.9. The van der Waals surface area contributed by atoms with Gasteiger partial charge in [0.15, 0.2) is 9.84 Å². The quantitative estimate of drug-likeness (QED) is 0.851. The van der Waals surface area contributed by atoms with Crippen LogP contribution >= 0.6 is 0 Å². The molecule has 1 unspecified atom stereocenters. The van der Waals surface area contributed by atoms with E-state index >= 15 is 0 Å². The fraction of sp³-hybridized carbons (Fsp3) is 0.263. The number of hydrogen-bond donors (Lipinski definition) is 1. The lowest BCUT2D eigenvalue weighted by Crippen LogP contribution is -2.28. The molecule has 1 aliphatic rings. The van der Waals surface area contributed by atoms with Crippen LogP contribution in [0.5, 0.6) is 0 Å². The minimum atomic E-state index is -3.31. The molecule has 27 heavy (non-hydrogen) atoms. The van der Waals surface area contributed by atoms with Crippen LogP contribution in [-0.2, 0) is 19.4 Å². The smallest absolute Gasteiger partial charge is 0.229 e. The average Bonchev–Trinajstić information content (AvgIpc) is 3.04. The summed E-state index contributed by atoms with van der Waals surface area (Å²) in [5.74, 6) is -1.82. The molecule has 0 bridgehead atoms. The Morgan fingerprint density at radius 3 is 2.48 bits per heavy atom. The molecule has 1 fully saturated rings. The molecule has 6 nitrogen and oxygen atoms in total. The van der Waals surface area contributed by atoms with Gasteiger partial charge in [-0.1, -0.05) is 19.1 Å². The van der Waals surface area contributed by atoms with Crippen molar-refractivity contribution >= 4 is 33.0 Å². The van der Waals surface area contributed by atoms with Crippen LogP contribution in [-0.4, -0.2) is 32.5 Å². The van der Waals surface area contributed by atoms with Gasteiger partial charge in [0.2, 0.25) is 11.8 Å². The molecular weight excluding hydrogens is 371 g/mol. The molecule has 1 N–H and O–H groups in total. The van der Waals surface area contributed by atoms with Crippen LogP contribution in [0.2, 0.25) is 0 Å². The molecule has 1 aliphatic heterocycles. The van der Waals surface area contributed by atoms with E-state index in [0.29, 0.717) is 5.69 Å². The van der Waals surface area contributed by atoms with Crippen LogP contribution in [0, 0.1) is 11.7 Å². The van der Waals surface area contributed by atoms with Crippen molar-refractivity contribution in [2.45, 2.75) is 18.2 Å². The maximum Gasteiger partial charge on any atom is 0.229 e. The first-order valence-corrected chi connectivity index (χ1v) is 10.2. The minimum Gasteiger partial charge on any atom is -0.326 e. The lowest BCUT2D eigenvalue weighted by Gasteiger charge is -2.17. The number of carbonyl (C=O) groups excluding carboxylic acids is 2. The van der Waals surface area contributed by atoms with Crippen molar-refractivity contribution in [3.05, 3.63) is 54.3 Å². The number of halogens is 1. The van der Waals surface area contributed by atoms with Crippen molar-refractivity contribution in [3.8, 4) is 0 Å². The molecule has 2 aromatic carbocycles. The number of hydrogen-bond acceptors (Lipinski definition) is 4. The Morgan fingerprint density at radius 2 is 1.85 bits per heavy atom. The Balaban J connectivity index is 1.69. The number of carbonyl (C=O) groups is 2. The van der Waals surface area contributed by atoms with E-state index in [9.17, 15) is 22.4 Å². The highest BCUT2D eigenvalue weighted by Gasteiger charge is 2.36. The van der Waals surface area contributed by atoms with Crippen molar-refractivity contribution in [1.29, 1.82) is 0 Å². The zero-order chi connectivity index (χ0) is 19.6. The second-order valence-corrected chi connectivity index (χ2v) is 8.55. The van der Waals surface area contributed by atoms with Crippen LogP contribution in [0.4, 0.5) is 15.8 Å². The fourth-order valence-corrected chi connectivity index (χ4v) is 3.83. The zero-order valence-corrected chi connectivity index (χ0v) is 15.5. The molecule has 142 valence electrons. The summed E-state index contributed by atoms with van der Waals surface area (Å²) >= 11 is 0. The first kappa shape index (κ1) is 19.0. The monoisotopic (exact) mass is 390 g/mol. The molecule has 1 atom stereocenters. The van der Waals surface area contributed by atoms with Crippen molar-refractivity contribution in [3.63, 3.8) is 0 Å². The Labute approximate surface area is 156 Å². The molecule has 3 rings (SSSR count). The summed E-state index contributed by atoms with van der Waals surface area (Å²) in [7, 11) is -3.31. The largest absolute Gasteiger partial charge is 0.326 e. The molecule has 2 amide bonds. The fourth-order valence-electron chi connectivity index (χ4n) is 2.94. The van der Waals surface area contributed by atoms with Gasteiger partial charge in [-0.15, -0.1) is 0 Å². The summed E-state index contributed by atoms with van der Waals surface area (Å²) < 4.78 is 37.5. The molecule has 0 aromatic heterocycles. The summed E-state index contributed by atoms with van der Waals surface area (Å²) in [6, 6.07) is 11.8. The summed E-state index contributed by atoms with van der Waals surface area (Å²) in [4.78, 5) is 26.1. The van der Waals surface area contributed by atoms with E-state index in [1.54, 1.807) is 13.0 Å². The third kappa shape index (κ3) is 4.00. The zero-order valence-electron chi connectivity index (χ0n) is 14.7. The van der Waals surface area contributed by atoms with Crippen molar-refractivity contribution in [2.24, 2.45) is 5.92 Å². The highest BCUT2D eigenvalue weighted by atomic mass is 32.2. The molecule has 0 radical (unpaired) electrons. The van der Waals surface area contributed by atoms with E-state index in [4.69, 9.17) is 0 Å². The van der Waals surface area contributed by atoms with Gasteiger partial charge in [0.25, 0.3) is 0 Å². The molecular formula is C19H19FN2O4S. The number of anilines is 2. The normalized spacial score (nSPS) is 17.2. The topological polar surface area (TPSA) is 83.5 Å². The van der Waals surface area contributed by atoms with Crippen LogP contribution < -0.4 is 10.2 Å². The van der Waals surface area contributed by atoms with Gasteiger partial charge >= 0.3 is 0 Å². The van der Waals surface area contributed by atoms with Crippen LogP contribution in [0.15, 0.2) is 53.4 Å². The number of benzene rings is 2. The summed E-state index contributed by atoms with van der Waals surface area (Å²) in [5, 5.41) is 2.68. The van der Waals surface area contributed by atoms with E-state index < -0.39 is 21.6 Å². The van der Waals surface area contributed by atoms with Crippen LogP contribution in [0.25, 0.3) is 0 Å². The van der Waals surface area contributed by atoms with Gasteiger partial charge in [0.1, 0.15) is 5.82 Å². The summed E-state index contributed by atoms with van der Waals surface area (Å²) in [6.07, 6.45) is -0.0114. The first-order valence-electron chi connectivity index (χ1n) is 8.50. The highest BCUT2D eigenvalue weighted by Crippen LogP contribution is 2.28. The van der Waals surface area contributed by atoms with Crippen LogP contribution in [0.3, 0.4) is 0 Å². The Hall–Kier alpha value is -2.74. The molecule has 8 heteroatoms. The second kappa shape index (κ2) is 7.48. The molecule has 0 spiro atoms. The maximum absolute atomic E-state index is 13.9. The third-order valence-electron chi connectivity index (χ3n) is 4.50. The third-order valence-corrected chi connectivity index (χ3v) is 6.25. The Bertz CT molecular complexity index is 973. The first-order chi connectivity index (χ1) is 12.8. The van der Waals surface area contributed by atoms with Gasteiger partial charge in [-0.3, -0.25) is 9.59 Å². The number of nitrogens with zero attached hydrogens (tertiary/aromatic N) is 1. The van der Waals surface area contributed by atoms with E-state index in [2.05, 4.69) is 5.32 Å². The molecule has 2 aromatic rings. The van der Waals surface area contributed by atoms with Gasteiger partial charge < -0.3 is 10.2 Å². The van der Waals surface area contributed by atoms with Crippen molar-refractivity contribution in [2.75, 3.05) is 22.5 Å². The number of rotatable bonds is 5. The Kier molecular flexibility index (Phi) is 5.27. The minimum absolute atomic E-state index is 0.00519. The van der Waals surface area contributed by atoms with Gasteiger partial charge in [-0.05, 0) is 36.4 Å². The van der Waals surface area contributed by atoms with Gasteiger partial charge in [0, 0.05) is 18.7 Å².